The van der Waals surface area contributed by atoms with Crippen molar-refractivity contribution in [2.45, 2.75) is 6.54 Å². The number of rotatable bonds is 3. The second kappa shape index (κ2) is 6.60. The van der Waals surface area contributed by atoms with Crippen molar-refractivity contribution in [3.63, 3.8) is 0 Å². The molecule has 2 heterocycles. The van der Waals surface area contributed by atoms with Gasteiger partial charge in [0.1, 0.15) is 0 Å². The number of thiophene rings is 1. The molecule has 0 spiro atoms. The molecule has 0 saturated carbocycles. The second-order valence-electron chi connectivity index (χ2n) is 5.16. The average Bonchev–Trinajstić information content (AvgIpc) is 2.95. The molecule has 0 bridgehead atoms. The summed E-state index contributed by atoms with van der Waals surface area (Å²) in [5, 5.41) is 0. The maximum absolute atomic E-state index is 12.3. The summed E-state index contributed by atoms with van der Waals surface area (Å²) >= 11 is 7.25. The zero-order valence-electron chi connectivity index (χ0n) is 11.7. The van der Waals surface area contributed by atoms with Crippen LogP contribution in [0.3, 0.4) is 0 Å². The minimum Gasteiger partial charge on any atom is -0.335 e. The van der Waals surface area contributed by atoms with Crippen LogP contribution in [0.25, 0.3) is 0 Å². The van der Waals surface area contributed by atoms with Crippen molar-refractivity contribution in [2.75, 3.05) is 26.2 Å². The molecule has 1 fully saturated rings. The maximum atomic E-state index is 12.3. The van der Waals surface area contributed by atoms with Gasteiger partial charge in [0.25, 0.3) is 5.91 Å². The molecule has 0 radical (unpaired) electrons. The predicted octanol–water partition coefficient (Wildman–Crippen LogP) is 3.36. The molecule has 5 heteroatoms. The van der Waals surface area contributed by atoms with E-state index in [1.165, 1.54) is 16.9 Å². The van der Waals surface area contributed by atoms with Gasteiger partial charge in [-0.3, -0.25) is 9.69 Å². The molecule has 3 rings (SSSR count). The third-order valence-electron chi connectivity index (χ3n) is 3.69. The molecule has 0 unspecified atom stereocenters. The van der Waals surface area contributed by atoms with Gasteiger partial charge in [-0.05, 0) is 17.7 Å². The number of hydrogen-bond donors (Lipinski definition) is 0. The minimum atomic E-state index is 0.103. The lowest BCUT2D eigenvalue weighted by atomic mass is 10.2. The molecule has 0 atom stereocenters. The topological polar surface area (TPSA) is 23.6 Å². The molecule has 3 nitrogen and oxygen atoms in total. The Labute approximate surface area is 133 Å². The Bertz CT molecular complexity index is 606. The van der Waals surface area contributed by atoms with E-state index in [0.29, 0.717) is 4.34 Å². The van der Waals surface area contributed by atoms with Crippen molar-refractivity contribution < 1.29 is 4.79 Å². The summed E-state index contributed by atoms with van der Waals surface area (Å²) in [5.74, 6) is 0.103. The molecule has 1 aromatic carbocycles. The molecule has 1 amide bonds. The van der Waals surface area contributed by atoms with Crippen molar-refractivity contribution in [3.05, 3.63) is 57.2 Å². The number of carbonyl (C=O) groups excluding carboxylic acids is 1. The molecule has 0 N–H and O–H groups in total. The molecule has 110 valence electrons. The van der Waals surface area contributed by atoms with Crippen LogP contribution in [0.1, 0.15) is 15.2 Å². The molecular weight excluding hydrogens is 304 g/mol. The summed E-state index contributed by atoms with van der Waals surface area (Å²) in [6, 6.07) is 14.0. The van der Waals surface area contributed by atoms with E-state index < -0.39 is 0 Å². The Hall–Kier alpha value is -1.36. The van der Waals surface area contributed by atoms with Gasteiger partial charge in [-0.25, -0.2) is 0 Å². The molecule has 0 aliphatic carbocycles. The van der Waals surface area contributed by atoms with Crippen molar-refractivity contribution in [1.29, 1.82) is 0 Å². The lowest BCUT2D eigenvalue weighted by Crippen LogP contribution is -2.48. The van der Waals surface area contributed by atoms with E-state index >= 15 is 0 Å². The van der Waals surface area contributed by atoms with Crippen molar-refractivity contribution in [2.24, 2.45) is 0 Å². The quantitative estimate of drug-likeness (QED) is 0.865. The summed E-state index contributed by atoms with van der Waals surface area (Å²) in [6.07, 6.45) is 0. The number of carbonyl (C=O) groups is 1. The molecule has 21 heavy (non-hydrogen) atoms. The van der Waals surface area contributed by atoms with Crippen LogP contribution in [0.5, 0.6) is 0 Å². The van der Waals surface area contributed by atoms with Crippen LogP contribution in [-0.4, -0.2) is 41.9 Å². The fourth-order valence-electron chi connectivity index (χ4n) is 2.54. The summed E-state index contributed by atoms with van der Waals surface area (Å²) in [7, 11) is 0. The Morgan fingerprint density at radius 1 is 1.05 bits per heavy atom. The highest BCUT2D eigenvalue weighted by Gasteiger charge is 2.23. The average molecular weight is 321 g/mol. The Morgan fingerprint density at radius 3 is 2.38 bits per heavy atom. The van der Waals surface area contributed by atoms with Gasteiger partial charge in [0.05, 0.1) is 9.21 Å². The number of benzene rings is 1. The van der Waals surface area contributed by atoms with Gasteiger partial charge >= 0.3 is 0 Å². The first-order chi connectivity index (χ1) is 10.2. The second-order valence-corrected chi connectivity index (χ2v) is 6.87. The first-order valence-electron chi connectivity index (χ1n) is 7.03. The highest BCUT2D eigenvalue weighted by atomic mass is 35.5. The van der Waals surface area contributed by atoms with Crippen LogP contribution in [0.15, 0.2) is 42.5 Å². The summed E-state index contributed by atoms with van der Waals surface area (Å²) in [5.41, 5.74) is 1.32. The highest BCUT2D eigenvalue weighted by Crippen LogP contribution is 2.23. The van der Waals surface area contributed by atoms with Gasteiger partial charge in [0, 0.05) is 32.7 Å². The molecule has 1 aliphatic rings. The smallest absolute Gasteiger partial charge is 0.264 e. The van der Waals surface area contributed by atoms with Gasteiger partial charge in [-0.15, -0.1) is 11.3 Å². The summed E-state index contributed by atoms with van der Waals surface area (Å²) < 4.78 is 0.668. The van der Waals surface area contributed by atoms with E-state index in [2.05, 4.69) is 29.2 Å². The van der Waals surface area contributed by atoms with E-state index in [0.717, 1.165) is 37.6 Å². The fraction of sp³-hybridized carbons (Fsp3) is 0.312. The van der Waals surface area contributed by atoms with Crippen LogP contribution in [0.2, 0.25) is 4.34 Å². The molecule has 1 saturated heterocycles. The van der Waals surface area contributed by atoms with Crippen molar-refractivity contribution >= 4 is 28.8 Å². The maximum Gasteiger partial charge on any atom is 0.264 e. The zero-order chi connectivity index (χ0) is 14.7. The molecule has 1 aliphatic heterocycles. The van der Waals surface area contributed by atoms with Crippen LogP contribution in [0, 0.1) is 0 Å². The summed E-state index contributed by atoms with van der Waals surface area (Å²) in [6.45, 7) is 4.34. The predicted molar refractivity (Wildman–Crippen MR) is 87.0 cm³/mol. The van der Waals surface area contributed by atoms with Gasteiger partial charge in [0.15, 0.2) is 0 Å². The van der Waals surface area contributed by atoms with E-state index in [1.807, 2.05) is 17.0 Å². The van der Waals surface area contributed by atoms with Crippen LogP contribution in [-0.2, 0) is 6.54 Å². The van der Waals surface area contributed by atoms with Crippen molar-refractivity contribution in [3.8, 4) is 0 Å². The molecular formula is C16H17ClN2OS. The van der Waals surface area contributed by atoms with E-state index in [1.54, 1.807) is 6.07 Å². The van der Waals surface area contributed by atoms with Gasteiger partial charge < -0.3 is 4.90 Å². The largest absolute Gasteiger partial charge is 0.335 e. The number of amides is 1. The lowest BCUT2D eigenvalue weighted by molar-refractivity contribution is 0.0633. The zero-order valence-corrected chi connectivity index (χ0v) is 13.2. The molecule has 2 aromatic rings. The normalized spacial score (nSPS) is 16.1. The summed E-state index contributed by atoms with van der Waals surface area (Å²) in [4.78, 5) is 17.4. The lowest BCUT2D eigenvalue weighted by Gasteiger charge is -2.34. The first-order valence-corrected chi connectivity index (χ1v) is 8.23. The minimum absolute atomic E-state index is 0.103. The number of hydrogen-bond acceptors (Lipinski definition) is 3. The Kier molecular flexibility index (Phi) is 4.58. The van der Waals surface area contributed by atoms with Gasteiger partial charge in [0.2, 0.25) is 0 Å². The number of nitrogens with zero attached hydrogens (tertiary/aromatic N) is 2. The third kappa shape index (κ3) is 3.64. The van der Waals surface area contributed by atoms with Crippen LogP contribution in [0.4, 0.5) is 0 Å². The third-order valence-corrected chi connectivity index (χ3v) is 4.91. The number of piperazine rings is 1. The number of halogens is 1. The fourth-order valence-corrected chi connectivity index (χ4v) is 3.55. The Balaban J connectivity index is 1.54. The van der Waals surface area contributed by atoms with Gasteiger partial charge in [-0.1, -0.05) is 41.9 Å². The molecule has 1 aromatic heterocycles. The standard InChI is InChI=1S/C16H17ClN2OS/c17-15-7-6-14(21-15)16(20)19-10-8-18(9-11-19)12-13-4-2-1-3-5-13/h1-7H,8-12H2. The van der Waals surface area contributed by atoms with Crippen LogP contribution < -0.4 is 0 Å². The van der Waals surface area contributed by atoms with Crippen molar-refractivity contribution in [1.82, 2.24) is 9.80 Å². The van der Waals surface area contributed by atoms with Crippen LogP contribution >= 0.6 is 22.9 Å². The van der Waals surface area contributed by atoms with E-state index in [9.17, 15) is 4.79 Å². The first kappa shape index (κ1) is 14.6. The van der Waals surface area contributed by atoms with E-state index in [4.69, 9.17) is 11.6 Å². The Morgan fingerprint density at radius 2 is 1.76 bits per heavy atom. The highest BCUT2D eigenvalue weighted by molar-refractivity contribution is 7.17. The SMILES string of the molecule is O=C(c1ccc(Cl)s1)N1CCN(Cc2ccccc2)CC1. The van der Waals surface area contributed by atoms with Gasteiger partial charge in [-0.2, -0.15) is 0 Å². The van der Waals surface area contributed by atoms with E-state index in [-0.39, 0.29) is 5.91 Å². The monoisotopic (exact) mass is 320 g/mol.